The van der Waals surface area contributed by atoms with Gasteiger partial charge in [0.05, 0.1) is 11.4 Å². The van der Waals surface area contributed by atoms with E-state index in [0.717, 1.165) is 36.6 Å². The first-order chi connectivity index (χ1) is 13.9. The SMILES string of the molecule is Cc1ccc(-n2nc(C)cc2NC(=O)C(=O)NCC(C)CN2CCCCC2)cc1. The normalized spacial score (nSPS) is 15.7. The standard InChI is InChI=1S/C22H31N5O2/c1-16-7-9-19(10-8-16)27-20(13-18(3)25-27)24-22(29)21(28)23-14-17(2)15-26-11-5-4-6-12-26/h7-10,13,17H,4-6,11-12,14-15H2,1-3H3,(H,23,28)(H,24,29). The van der Waals surface area contributed by atoms with E-state index in [2.05, 4.69) is 27.6 Å². The summed E-state index contributed by atoms with van der Waals surface area (Å²) in [5, 5.41) is 9.87. The molecule has 29 heavy (non-hydrogen) atoms. The van der Waals surface area contributed by atoms with Crippen molar-refractivity contribution in [2.75, 3.05) is 31.5 Å². The predicted molar refractivity (Wildman–Crippen MR) is 114 cm³/mol. The number of rotatable bonds is 6. The van der Waals surface area contributed by atoms with Crippen LogP contribution in [0.2, 0.25) is 0 Å². The van der Waals surface area contributed by atoms with Gasteiger partial charge < -0.3 is 15.5 Å². The largest absolute Gasteiger partial charge is 0.348 e. The lowest BCUT2D eigenvalue weighted by Crippen LogP contribution is -2.41. The highest BCUT2D eigenvalue weighted by Crippen LogP contribution is 2.17. The van der Waals surface area contributed by atoms with Crippen LogP contribution in [0, 0.1) is 19.8 Å². The molecule has 156 valence electrons. The molecule has 1 aromatic carbocycles. The van der Waals surface area contributed by atoms with Gasteiger partial charge in [0.25, 0.3) is 0 Å². The highest BCUT2D eigenvalue weighted by Gasteiger charge is 2.19. The van der Waals surface area contributed by atoms with Gasteiger partial charge in [0, 0.05) is 19.2 Å². The van der Waals surface area contributed by atoms with Gasteiger partial charge in [-0.25, -0.2) is 4.68 Å². The van der Waals surface area contributed by atoms with Gasteiger partial charge in [0.15, 0.2) is 0 Å². The number of aryl methyl sites for hydroxylation is 2. The topological polar surface area (TPSA) is 79.3 Å². The van der Waals surface area contributed by atoms with Crippen LogP contribution in [0.1, 0.15) is 37.4 Å². The fourth-order valence-electron chi connectivity index (χ4n) is 3.64. The molecule has 0 saturated carbocycles. The second-order valence-electron chi connectivity index (χ2n) is 8.05. The summed E-state index contributed by atoms with van der Waals surface area (Å²) in [5.74, 6) is -0.522. The number of anilines is 1. The number of piperidine rings is 1. The second kappa shape index (κ2) is 9.69. The van der Waals surface area contributed by atoms with E-state index < -0.39 is 11.8 Å². The maximum Gasteiger partial charge on any atom is 0.314 e. The molecule has 3 rings (SSSR count). The van der Waals surface area contributed by atoms with Crippen LogP contribution < -0.4 is 10.6 Å². The molecule has 1 saturated heterocycles. The summed E-state index contributed by atoms with van der Waals surface area (Å²) in [6.45, 7) is 9.64. The summed E-state index contributed by atoms with van der Waals surface area (Å²) in [7, 11) is 0. The lowest BCUT2D eigenvalue weighted by molar-refractivity contribution is -0.136. The van der Waals surface area contributed by atoms with Crippen molar-refractivity contribution in [3.05, 3.63) is 41.6 Å². The third-order valence-corrected chi connectivity index (χ3v) is 5.19. The quantitative estimate of drug-likeness (QED) is 0.735. The summed E-state index contributed by atoms with van der Waals surface area (Å²) in [6.07, 6.45) is 3.80. The molecule has 0 bridgehead atoms. The lowest BCUT2D eigenvalue weighted by Gasteiger charge is -2.29. The minimum atomic E-state index is -0.677. The highest BCUT2D eigenvalue weighted by molar-refractivity contribution is 6.39. The molecule has 2 amide bonds. The number of amides is 2. The Morgan fingerprint density at radius 3 is 2.45 bits per heavy atom. The first-order valence-corrected chi connectivity index (χ1v) is 10.4. The van der Waals surface area contributed by atoms with Gasteiger partial charge in [0.1, 0.15) is 5.82 Å². The van der Waals surface area contributed by atoms with E-state index >= 15 is 0 Å². The van der Waals surface area contributed by atoms with Crippen LogP contribution >= 0.6 is 0 Å². The number of hydrogen-bond donors (Lipinski definition) is 2. The van der Waals surface area contributed by atoms with Crippen LogP contribution in [-0.4, -0.2) is 52.7 Å². The molecule has 1 aliphatic rings. The Balaban J connectivity index is 1.54. The third kappa shape index (κ3) is 5.90. The van der Waals surface area contributed by atoms with Crippen molar-refractivity contribution in [1.29, 1.82) is 0 Å². The van der Waals surface area contributed by atoms with E-state index in [0.29, 0.717) is 18.3 Å². The summed E-state index contributed by atoms with van der Waals surface area (Å²) in [6, 6.07) is 9.58. The van der Waals surface area contributed by atoms with Gasteiger partial charge >= 0.3 is 11.8 Å². The summed E-state index contributed by atoms with van der Waals surface area (Å²) < 4.78 is 1.64. The maximum absolute atomic E-state index is 12.4. The number of nitrogens with zero attached hydrogens (tertiary/aromatic N) is 3. The van der Waals surface area contributed by atoms with Crippen LogP contribution in [0.3, 0.4) is 0 Å². The Labute approximate surface area is 172 Å². The molecule has 1 unspecified atom stereocenters. The van der Waals surface area contributed by atoms with Crippen molar-refractivity contribution in [1.82, 2.24) is 20.0 Å². The molecule has 0 aliphatic carbocycles. The summed E-state index contributed by atoms with van der Waals surface area (Å²) in [4.78, 5) is 27.1. The third-order valence-electron chi connectivity index (χ3n) is 5.19. The van der Waals surface area contributed by atoms with Crippen molar-refractivity contribution < 1.29 is 9.59 Å². The average molecular weight is 398 g/mol. The van der Waals surface area contributed by atoms with Gasteiger partial charge in [-0.3, -0.25) is 9.59 Å². The van der Waals surface area contributed by atoms with Crippen LogP contribution in [0.4, 0.5) is 5.82 Å². The number of nitrogens with one attached hydrogen (secondary N) is 2. The number of benzene rings is 1. The lowest BCUT2D eigenvalue weighted by atomic mass is 10.1. The number of likely N-dealkylation sites (tertiary alicyclic amines) is 1. The van der Waals surface area contributed by atoms with Crippen LogP contribution in [0.15, 0.2) is 30.3 Å². The second-order valence-corrected chi connectivity index (χ2v) is 8.05. The smallest absolute Gasteiger partial charge is 0.314 e. The Morgan fingerprint density at radius 2 is 1.76 bits per heavy atom. The van der Waals surface area contributed by atoms with Gasteiger partial charge in [-0.2, -0.15) is 5.10 Å². The zero-order valence-electron chi connectivity index (χ0n) is 17.6. The van der Waals surface area contributed by atoms with E-state index in [1.165, 1.54) is 19.3 Å². The van der Waals surface area contributed by atoms with E-state index in [-0.39, 0.29) is 0 Å². The molecule has 0 radical (unpaired) electrons. The van der Waals surface area contributed by atoms with Crippen molar-refractivity contribution in [3.8, 4) is 5.69 Å². The number of carbonyl (C=O) groups is 2. The van der Waals surface area contributed by atoms with Crippen molar-refractivity contribution >= 4 is 17.6 Å². The van der Waals surface area contributed by atoms with Crippen LogP contribution in [0.5, 0.6) is 0 Å². The number of hydrogen-bond acceptors (Lipinski definition) is 4. The van der Waals surface area contributed by atoms with Crippen molar-refractivity contribution in [2.45, 2.75) is 40.0 Å². The monoisotopic (exact) mass is 397 g/mol. The minimum Gasteiger partial charge on any atom is -0.348 e. The molecule has 7 heteroatoms. The average Bonchev–Trinajstić information content (AvgIpc) is 3.07. The predicted octanol–water partition coefficient (Wildman–Crippen LogP) is 2.67. The molecule has 1 atom stereocenters. The molecule has 0 spiro atoms. The maximum atomic E-state index is 12.4. The fraction of sp³-hybridized carbons (Fsp3) is 0.500. The number of carbonyl (C=O) groups excluding carboxylic acids is 2. The van der Waals surface area contributed by atoms with Crippen molar-refractivity contribution in [3.63, 3.8) is 0 Å². The fourth-order valence-corrected chi connectivity index (χ4v) is 3.64. The molecule has 1 aliphatic heterocycles. The summed E-state index contributed by atoms with van der Waals surface area (Å²) in [5.41, 5.74) is 2.73. The van der Waals surface area contributed by atoms with Gasteiger partial charge in [-0.1, -0.05) is 31.0 Å². The number of aromatic nitrogens is 2. The first-order valence-electron chi connectivity index (χ1n) is 10.4. The van der Waals surface area contributed by atoms with E-state index in [1.807, 2.05) is 38.1 Å². The van der Waals surface area contributed by atoms with Crippen LogP contribution in [-0.2, 0) is 9.59 Å². The molecule has 1 fully saturated rings. The zero-order chi connectivity index (χ0) is 20.8. The van der Waals surface area contributed by atoms with Crippen molar-refractivity contribution in [2.24, 2.45) is 5.92 Å². The van der Waals surface area contributed by atoms with Gasteiger partial charge in [0.2, 0.25) is 0 Å². The molecular formula is C22H31N5O2. The molecule has 2 N–H and O–H groups in total. The minimum absolute atomic E-state index is 0.296. The molecule has 2 heterocycles. The Kier molecular flexibility index (Phi) is 7.04. The molecule has 7 nitrogen and oxygen atoms in total. The molecule has 1 aromatic heterocycles. The summed E-state index contributed by atoms with van der Waals surface area (Å²) >= 11 is 0. The van der Waals surface area contributed by atoms with Gasteiger partial charge in [-0.15, -0.1) is 0 Å². The Morgan fingerprint density at radius 1 is 1.07 bits per heavy atom. The Hall–Kier alpha value is -2.67. The first kappa shape index (κ1) is 21.0. The zero-order valence-corrected chi connectivity index (χ0v) is 17.6. The molecular weight excluding hydrogens is 366 g/mol. The van der Waals surface area contributed by atoms with Gasteiger partial charge in [-0.05, 0) is 57.8 Å². The Bertz CT molecular complexity index is 837. The molecule has 2 aromatic rings. The van der Waals surface area contributed by atoms with Crippen LogP contribution in [0.25, 0.3) is 5.69 Å². The highest BCUT2D eigenvalue weighted by atomic mass is 16.2. The van der Waals surface area contributed by atoms with E-state index in [4.69, 9.17) is 0 Å². The van der Waals surface area contributed by atoms with E-state index in [9.17, 15) is 9.59 Å². The van der Waals surface area contributed by atoms with E-state index in [1.54, 1.807) is 10.7 Å².